The molecule has 0 fully saturated rings. The zero-order chi connectivity index (χ0) is 28.0. The fraction of sp³-hybridized carbons (Fsp3) is 0.132. The van der Waals surface area contributed by atoms with Crippen molar-refractivity contribution in [2.75, 3.05) is 4.90 Å². The normalized spacial score (nSPS) is 22.0. The van der Waals surface area contributed by atoms with E-state index in [1.54, 1.807) is 0 Å². The molecule has 3 heterocycles. The smallest absolute Gasteiger partial charge is 0.135 e. The number of hydrogen-bond acceptors (Lipinski definition) is 3. The highest BCUT2D eigenvalue weighted by atomic mass is 16.3. The Morgan fingerprint density at radius 1 is 0.881 bits per heavy atom. The van der Waals surface area contributed by atoms with Crippen LogP contribution in [0.15, 0.2) is 114 Å². The van der Waals surface area contributed by atoms with Crippen molar-refractivity contribution in [3.63, 3.8) is 0 Å². The van der Waals surface area contributed by atoms with Gasteiger partial charge in [0.1, 0.15) is 11.0 Å². The van der Waals surface area contributed by atoms with Crippen LogP contribution in [0.3, 0.4) is 0 Å². The van der Waals surface area contributed by atoms with Gasteiger partial charge in [0.25, 0.3) is 0 Å². The van der Waals surface area contributed by atoms with Crippen LogP contribution in [0.25, 0.3) is 44.9 Å². The van der Waals surface area contributed by atoms with Gasteiger partial charge in [-0.25, -0.2) is 0 Å². The highest BCUT2D eigenvalue weighted by Crippen LogP contribution is 2.54. The molecule has 0 radical (unpaired) electrons. The standard InChI is InChI=1S/C38H27N3O/c1-38-19-7-6-10-32(38)29-9-3-5-12-34(29)41(38)26-14-16-28-27-8-2-4-11-33(27)40(35(28)22-26)25-15-18-37-31(21-25)30-20-24(23-39)13-17-36(30)42-37/h2-14,16-22,25,32H,15H2,1H3. The highest BCUT2D eigenvalue weighted by molar-refractivity contribution is 6.09. The molecule has 200 valence electrons. The number of rotatable bonds is 2. The van der Waals surface area contributed by atoms with Crippen LogP contribution in [0.1, 0.15) is 36.4 Å². The van der Waals surface area contributed by atoms with Crippen molar-refractivity contribution in [3.05, 3.63) is 131 Å². The van der Waals surface area contributed by atoms with Gasteiger partial charge in [0, 0.05) is 44.2 Å². The van der Waals surface area contributed by atoms with Crippen LogP contribution in [0.4, 0.5) is 11.4 Å². The Hall–Kier alpha value is -5.27. The maximum absolute atomic E-state index is 9.53. The predicted octanol–water partition coefficient (Wildman–Crippen LogP) is 7.74. The van der Waals surface area contributed by atoms with Gasteiger partial charge in [0.2, 0.25) is 0 Å². The van der Waals surface area contributed by atoms with Crippen LogP contribution < -0.4 is 15.5 Å². The van der Waals surface area contributed by atoms with Crippen LogP contribution in [0, 0.1) is 11.3 Å². The number of aromatic nitrogens is 1. The Balaban J connectivity index is 1.28. The lowest BCUT2D eigenvalue weighted by molar-refractivity contribution is 0.542. The number of para-hydroxylation sites is 2. The third kappa shape index (κ3) is 3.05. The molecule has 0 bridgehead atoms. The van der Waals surface area contributed by atoms with E-state index in [0.29, 0.717) is 11.5 Å². The van der Waals surface area contributed by atoms with E-state index in [1.807, 2.05) is 18.2 Å². The summed E-state index contributed by atoms with van der Waals surface area (Å²) in [6.07, 6.45) is 14.4. The molecule has 3 atom stereocenters. The lowest BCUT2D eigenvalue weighted by Crippen LogP contribution is -2.41. The SMILES string of the molecule is CC12C=CC=CC1c1ccccc1N2c1ccc2c3ccccc3n(C3C=c4c(oc5ccc(C#N)cc45)=CC3)c2c1. The van der Waals surface area contributed by atoms with E-state index < -0.39 is 0 Å². The minimum Gasteiger partial charge on any atom is -0.456 e. The van der Waals surface area contributed by atoms with Crippen LogP contribution in [0.5, 0.6) is 0 Å². The minimum atomic E-state index is -0.184. The molecular formula is C38H27N3O. The maximum atomic E-state index is 9.53. The third-order valence-electron chi connectivity index (χ3n) is 9.54. The van der Waals surface area contributed by atoms with E-state index >= 15 is 0 Å². The second-order valence-corrected chi connectivity index (χ2v) is 11.8. The number of hydrogen-bond donors (Lipinski definition) is 0. The zero-order valence-corrected chi connectivity index (χ0v) is 23.2. The Morgan fingerprint density at radius 3 is 2.67 bits per heavy atom. The van der Waals surface area contributed by atoms with Crippen molar-refractivity contribution in [1.82, 2.24) is 4.57 Å². The summed E-state index contributed by atoms with van der Waals surface area (Å²) in [7, 11) is 0. The first kappa shape index (κ1) is 23.4. The molecule has 4 aromatic carbocycles. The summed E-state index contributed by atoms with van der Waals surface area (Å²) in [6, 6.07) is 32.6. The van der Waals surface area contributed by atoms with Gasteiger partial charge < -0.3 is 13.9 Å². The van der Waals surface area contributed by atoms with Gasteiger partial charge in [-0.1, -0.05) is 66.8 Å². The first-order valence-corrected chi connectivity index (χ1v) is 14.6. The lowest BCUT2D eigenvalue weighted by atomic mass is 9.80. The summed E-state index contributed by atoms with van der Waals surface area (Å²) < 4.78 is 8.69. The molecule has 0 amide bonds. The van der Waals surface area contributed by atoms with Gasteiger partial charge in [-0.3, -0.25) is 0 Å². The van der Waals surface area contributed by atoms with Crippen molar-refractivity contribution >= 4 is 56.3 Å². The van der Waals surface area contributed by atoms with E-state index in [-0.39, 0.29) is 11.6 Å². The van der Waals surface area contributed by atoms with Gasteiger partial charge in [-0.2, -0.15) is 5.26 Å². The summed E-state index contributed by atoms with van der Waals surface area (Å²) in [5.74, 6) is 0.299. The van der Waals surface area contributed by atoms with E-state index in [2.05, 4.69) is 126 Å². The second-order valence-electron chi connectivity index (χ2n) is 11.8. The summed E-state index contributed by atoms with van der Waals surface area (Å²) in [5, 5.41) is 14.1. The highest BCUT2D eigenvalue weighted by Gasteiger charge is 2.46. The number of nitriles is 1. The quantitative estimate of drug-likeness (QED) is 0.225. The molecule has 2 aromatic heterocycles. The summed E-state index contributed by atoms with van der Waals surface area (Å²) in [5.41, 5.74) is 8.44. The summed E-state index contributed by atoms with van der Waals surface area (Å²) in [4.78, 5) is 2.52. The van der Waals surface area contributed by atoms with E-state index in [0.717, 1.165) is 28.0 Å². The largest absolute Gasteiger partial charge is 0.456 e. The Kier molecular flexibility index (Phi) is 4.67. The van der Waals surface area contributed by atoms with Gasteiger partial charge in [0.15, 0.2) is 0 Å². The van der Waals surface area contributed by atoms with Crippen molar-refractivity contribution in [1.29, 1.82) is 5.26 Å². The molecule has 4 heteroatoms. The van der Waals surface area contributed by atoms with Crippen molar-refractivity contribution in [3.8, 4) is 6.07 Å². The average molecular weight is 542 g/mol. The number of furan rings is 1. The zero-order valence-electron chi connectivity index (χ0n) is 23.2. The van der Waals surface area contributed by atoms with Gasteiger partial charge >= 0.3 is 0 Å². The fourth-order valence-corrected chi connectivity index (χ4v) is 7.67. The van der Waals surface area contributed by atoms with Crippen LogP contribution in [-0.2, 0) is 0 Å². The first-order chi connectivity index (χ1) is 20.6. The first-order valence-electron chi connectivity index (χ1n) is 14.6. The maximum Gasteiger partial charge on any atom is 0.135 e. The Morgan fingerprint density at radius 2 is 1.74 bits per heavy atom. The van der Waals surface area contributed by atoms with Gasteiger partial charge in [0.05, 0.1) is 28.7 Å². The molecule has 1 aliphatic heterocycles. The molecule has 4 nitrogen and oxygen atoms in total. The molecule has 3 unspecified atom stereocenters. The molecule has 2 aliphatic carbocycles. The van der Waals surface area contributed by atoms with E-state index in [9.17, 15) is 5.26 Å². The Bertz CT molecular complexity index is 2340. The second kappa shape index (κ2) is 8.38. The average Bonchev–Trinajstić information content (AvgIpc) is 3.65. The molecule has 3 aliphatic rings. The van der Waals surface area contributed by atoms with Crippen LogP contribution >= 0.6 is 0 Å². The number of allylic oxidation sites excluding steroid dienone is 2. The molecule has 6 aromatic rings. The third-order valence-corrected chi connectivity index (χ3v) is 9.54. The van der Waals surface area contributed by atoms with Gasteiger partial charge in [-0.05, 0) is 73.5 Å². The summed E-state index contributed by atoms with van der Waals surface area (Å²) in [6.45, 7) is 2.35. The van der Waals surface area contributed by atoms with Crippen LogP contribution in [-0.4, -0.2) is 10.1 Å². The van der Waals surface area contributed by atoms with Crippen LogP contribution in [0.2, 0.25) is 0 Å². The monoisotopic (exact) mass is 541 g/mol. The molecular weight excluding hydrogens is 514 g/mol. The number of benzene rings is 4. The molecule has 0 N–H and O–H groups in total. The minimum absolute atomic E-state index is 0.105. The molecule has 42 heavy (non-hydrogen) atoms. The van der Waals surface area contributed by atoms with E-state index in [4.69, 9.17) is 4.42 Å². The topological polar surface area (TPSA) is 45.1 Å². The lowest BCUT2D eigenvalue weighted by Gasteiger charge is -2.39. The fourth-order valence-electron chi connectivity index (χ4n) is 7.67. The van der Waals surface area contributed by atoms with Crippen molar-refractivity contribution in [2.24, 2.45) is 0 Å². The molecule has 0 spiro atoms. The molecule has 0 saturated heterocycles. The van der Waals surface area contributed by atoms with Crippen molar-refractivity contribution < 1.29 is 4.42 Å². The molecule has 9 rings (SSSR count). The number of fused-ring (bicyclic) bond motifs is 9. The summed E-state index contributed by atoms with van der Waals surface area (Å²) >= 11 is 0. The molecule has 0 saturated carbocycles. The number of nitrogens with zero attached hydrogens (tertiary/aromatic N) is 3. The number of anilines is 2. The van der Waals surface area contributed by atoms with Gasteiger partial charge in [-0.15, -0.1) is 0 Å². The predicted molar refractivity (Wildman–Crippen MR) is 170 cm³/mol. The Labute approximate surface area is 243 Å². The van der Waals surface area contributed by atoms with E-state index in [1.165, 1.54) is 38.7 Å². The van der Waals surface area contributed by atoms with Crippen molar-refractivity contribution in [2.45, 2.75) is 30.8 Å².